The molecule has 0 fully saturated rings. The molecule has 23 heavy (non-hydrogen) atoms. The van der Waals surface area contributed by atoms with Crippen LogP contribution in [-0.4, -0.2) is 17.0 Å². The average molecular weight is 315 g/mol. The van der Waals surface area contributed by atoms with E-state index in [0.29, 0.717) is 12.2 Å². The van der Waals surface area contributed by atoms with Crippen molar-refractivity contribution in [3.63, 3.8) is 0 Å². The Morgan fingerprint density at radius 3 is 2.43 bits per heavy atom. The molecule has 0 aliphatic heterocycles. The first-order valence-electron chi connectivity index (χ1n) is 7.57. The molecule has 0 saturated carbocycles. The lowest BCUT2D eigenvalue weighted by molar-refractivity contribution is 0.0694. The molecule has 0 aliphatic carbocycles. The third-order valence-corrected chi connectivity index (χ3v) is 3.96. The molecule has 0 spiro atoms. The summed E-state index contributed by atoms with van der Waals surface area (Å²) in [5, 5.41) is 12.0. The van der Waals surface area contributed by atoms with Crippen molar-refractivity contribution in [3.8, 4) is 0 Å². The quantitative estimate of drug-likeness (QED) is 0.882. The van der Waals surface area contributed by atoms with Crippen LogP contribution in [0.2, 0.25) is 0 Å². The number of carbonyl (C=O) groups is 2. The summed E-state index contributed by atoms with van der Waals surface area (Å²) in [7, 11) is 0. The van der Waals surface area contributed by atoms with Crippen LogP contribution in [-0.2, 0) is 6.42 Å². The fraction of sp³-hybridized carbons (Fsp3) is 0.333. The maximum Gasteiger partial charge on any atom is 0.339 e. The standard InChI is InChI=1S/C18H21NO4/c1-5-15-14(18(21)22)9-16(23-15)17(20)19-12(4)13-7-6-10(2)11(3)8-13/h6-9,12H,5H2,1-4H3,(H,19,20)(H,21,22). The molecule has 2 rings (SSSR count). The van der Waals surface area contributed by atoms with Crippen LogP contribution in [0, 0.1) is 13.8 Å². The maximum atomic E-state index is 12.3. The topological polar surface area (TPSA) is 79.5 Å². The normalized spacial score (nSPS) is 12.0. The van der Waals surface area contributed by atoms with Crippen molar-refractivity contribution < 1.29 is 19.1 Å². The lowest BCUT2D eigenvalue weighted by atomic mass is 10.0. The van der Waals surface area contributed by atoms with Gasteiger partial charge in [0, 0.05) is 12.5 Å². The Bertz CT molecular complexity index is 745. The molecule has 1 heterocycles. The minimum absolute atomic E-state index is 0.0231. The van der Waals surface area contributed by atoms with Gasteiger partial charge in [0.25, 0.3) is 5.91 Å². The van der Waals surface area contributed by atoms with Crippen LogP contribution in [0.15, 0.2) is 28.7 Å². The molecule has 1 aromatic heterocycles. The molecular weight excluding hydrogens is 294 g/mol. The zero-order valence-electron chi connectivity index (χ0n) is 13.8. The summed E-state index contributed by atoms with van der Waals surface area (Å²) in [6, 6.07) is 7.09. The van der Waals surface area contributed by atoms with E-state index in [4.69, 9.17) is 9.52 Å². The Hall–Kier alpha value is -2.56. The highest BCUT2D eigenvalue weighted by Gasteiger charge is 2.21. The number of rotatable bonds is 5. The number of hydrogen-bond donors (Lipinski definition) is 2. The average Bonchev–Trinajstić information content (AvgIpc) is 2.94. The maximum absolute atomic E-state index is 12.3. The molecule has 122 valence electrons. The van der Waals surface area contributed by atoms with Gasteiger partial charge in [0.2, 0.25) is 0 Å². The van der Waals surface area contributed by atoms with Crippen molar-refractivity contribution >= 4 is 11.9 Å². The number of furan rings is 1. The molecular formula is C18H21NO4. The molecule has 0 aliphatic rings. The van der Waals surface area contributed by atoms with Crippen LogP contribution in [0.1, 0.15) is 63.3 Å². The number of aryl methyl sites for hydroxylation is 3. The van der Waals surface area contributed by atoms with Crippen LogP contribution in [0.4, 0.5) is 0 Å². The molecule has 1 amide bonds. The number of aromatic carboxylic acids is 1. The molecule has 0 saturated heterocycles. The number of carboxylic acids is 1. The van der Waals surface area contributed by atoms with Crippen LogP contribution in [0.25, 0.3) is 0 Å². The first-order chi connectivity index (χ1) is 10.8. The van der Waals surface area contributed by atoms with Gasteiger partial charge in [-0.2, -0.15) is 0 Å². The second kappa shape index (κ2) is 6.69. The molecule has 1 atom stereocenters. The highest BCUT2D eigenvalue weighted by atomic mass is 16.4. The predicted octanol–water partition coefficient (Wildman–Crippen LogP) is 3.65. The zero-order chi connectivity index (χ0) is 17.1. The van der Waals surface area contributed by atoms with E-state index < -0.39 is 11.9 Å². The molecule has 1 aromatic carbocycles. The smallest absolute Gasteiger partial charge is 0.339 e. The number of benzene rings is 1. The molecule has 5 nitrogen and oxygen atoms in total. The summed E-state index contributed by atoms with van der Waals surface area (Å²) >= 11 is 0. The first kappa shape index (κ1) is 16.8. The van der Waals surface area contributed by atoms with Crippen molar-refractivity contribution in [3.05, 3.63) is 58.0 Å². The van der Waals surface area contributed by atoms with Crippen LogP contribution < -0.4 is 5.32 Å². The Kier molecular flexibility index (Phi) is 4.89. The van der Waals surface area contributed by atoms with E-state index in [0.717, 1.165) is 11.1 Å². The summed E-state index contributed by atoms with van der Waals surface area (Å²) in [5.41, 5.74) is 3.37. The Morgan fingerprint density at radius 2 is 1.91 bits per heavy atom. The van der Waals surface area contributed by atoms with Crippen molar-refractivity contribution in [1.29, 1.82) is 0 Å². The van der Waals surface area contributed by atoms with E-state index >= 15 is 0 Å². The minimum Gasteiger partial charge on any atom is -0.478 e. The van der Waals surface area contributed by atoms with E-state index in [9.17, 15) is 9.59 Å². The molecule has 1 unspecified atom stereocenters. The van der Waals surface area contributed by atoms with Gasteiger partial charge >= 0.3 is 5.97 Å². The number of carbonyl (C=O) groups excluding carboxylic acids is 1. The van der Waals surface area contributed by atoms with Crippen molar-refractivity contribution in [2.24, 2.45) is 0 Å². The fourth-order valence-corrected chi connectivity index (χ4v) is 2.37. The number of hydrogen-bond acceptors (Lipinski definition) is 3. The van der Waals surface area contributed by atoms with Crippen molar-refractivity contribution in [2.45, 2.75) is 40.2 Å². The minimum atomic E-state index is -1.09. The van der Waals surface area contributed by atoms with Gasteiger partial charge in [-0.15, -0.1) is 0 Å². The number of amides is 1. The van der Waals surface area contributed by atoms with E-state index in [-0.39, 0.29) is 17.4 Å². The Morgan fingerprint density at radius 1 is 1.22 bits per heavy atom. The lowest BCUT2D eigenvalue weighted by Gasteiger charge is -2.14. The Labute approximate surface area is 135 Å². The summed E-state index contributed by atoms with van der Waals surface area (Å²) in [6.07, 6.45) is 0.418. The van der Waals surface area contributed by atoms with Gasteiger partial charge in [-0.1, -0.05) is 25.1 Å². The van der Waals surface area contributed by atoms with Crippen molar-refractivity contribution in [2.75, 3.05) is 0 Å². The second-order valence-electron chi connectivity index (χ2n) is 5.65. The van der Waals surface area contributed by atoms with Crippen LogP contribution in [0.5, 0.6) is 0 Å². The van der Waals surface area contributed by atoms with Gasteiger partial charge in [-0.05, 0) is 37.5 Å². The molecule has 0 radical (unpaired) electrons. The van der Waals surface area contributed by atoms with Gasteiger partial charge in [0.15, 0.2) is 5.76 Å². The van der Waals surface area contributed by atoms with E-state index in [1.807, 2.05) is 39.0 Å². The lowest BCUT2D eigenvalue weighted by Crippen LogP contribution is -2.26. The fourth-order valence-electron chi connectivity index (χ4n) is 2.37. The summed E-state index contributed by atoms with van der Waals surface area (Å²) < 4.78 is 5.37. The van der Waals surface area contributed by atoms with Gasteiger partial charge in [-0.3, -0.25) is 4.79 Å². The number of carboxylic acid groups (broad SMARTS) is 1. The largest absolute Gasteiger partial charge is 0.478 e. The van der Waals surface area contributed by atoms with Crippen molar-refractivity contribution in [1.82, 2.24) is 5.32 Å². The van der Waals surface area contributed by atoms with E-state index in [1.54, 1.807) is 6.92 Å². The van der Waals surface area contributed by atoms with Crippen LogP contribution in [0.3, 0.4) is 0 Å². The summed E-state index contributed by atoms with van der Waals surface area (Å²) in [5.74, 6) is -1.18. The van der Waals surface area contributed by atoms with Gasteiger partial charge in [-0.25, -0.2) is 4.79 Å². The van der Waals surface area contributed by atoms with Crippen LogP contribution >= 0.6 is 0 Å². The molecule has 2 aromatic rings. The molecule has 0 bridgehead atoms. The first-order valence-corrected chi connectivity index (χ1v) is 7.57. The number of nitrogens with one attached hydrogen (secondary N) is 1. The molecule has 5 heteroatoms. The van der Waals surface area contributed by atoms with Gasteiger partial charge < -0.3 is 14.8 Å². The highest BCUT2D eigenvalue weighted by molar-refractivity contribution is 5.96. The highest BCUT2D eigenvalue weighted by Crippen LogP contribution is 2.20. The second-order valence-corrected chi connectivity index (χ2v) is 5.65. The predicted molar refractivity (Wildman–Crippen MR) is 86.8 cm³/mol. The monoisotopic (exact) mass is 315 g/mol. The molecule has 2 N–H and O–H groups in total. The van der Waals surface area contributed by atoms with Gasteiger partial charge in [0.05, 0.1) is 6.04 Å². The van der Waals surface area contributed by atoms with Gasteiger partial charge in [0.1, 0.15) is 11.3 Å². The SMILES string of the molecule is CCc1oc(C(=O)NC(C)c2ccc(C)c(C)c2)cc1C(=O)O. The third-order valence-electron chi connectivity index (χ3n) is 3.96. The summed E-state index contributed by atoms with van der Waals surface area (Å²) in [4.78, 5) is 23.4. The van der Waals surface area contributed by atoms with E-state index in [1.165, 1.54) is 11.6 Å². The summed E-state index contributed by atoms with van der Waals surface area (Å²) in [6.45, 7) is 7.71. The van der Waals surface area contributed by atoms with E-state index in [2.05, 4.69) is 5.32 Å². The third kappa shape index (κ3) is 3.62. The zero-order valence-corrected chi connectivity index (χ0v) is 13.8. The Balaban J connectivity index is 2.18.